The smallest absolute Gasteiger partial charge is 0.246 e. The van der Waals surface area contributed by atoms with E-state index in [0.29, 0.717) is 0 Å². The molecule has 0 fully saturated rings. The van der Waals surface area contributed by atoms with Crippen molar-refractivity contribution in [2.24, 2.45) is 0 Å². The monoisotopic (exact) mass is 189 g/mol. The zero-order valence-electron chi connectivity index (χ0n) is 6.61. The van der Waals surface area contributed by atoms with E-state index in [-0.39, 0.29) is 5.69 Å². The third-order valence-corrected chi connectivity index (χ3v) is 1.38. The number of aryl methyl sites for hydroxylation is 1. The molecule has 0 aliphatic heterocycles. The van der Waals surface area contributed by atoms with Crippen molar-refractivity contribution >= 4 is 13.3 Å². The van der Waals surface area contributed by atoms with Crippen molar-refractivity contribution in [1.82, 2.24) is 4.98 Å². The number of alkyl halides is 3. The largest absolute Gasteiger partial charge is 0.436 e. The molecule has 68 valence electrons. The average molecular weight is 189 g/mol. The number of hydrogen-bond acceptors (Lipinski definition) is 1. The van der Waals surface area contributed by atoms with Crippen LogP contribution in [0.2, 0.25) is 0 Å². The van der Waals surface area contributed by atoms with E-state index in [1.54, 1.807) is 0 Å². The molecule has 13 heavy (non-hydrogen) atoms. The summed E-state index contributed by atoms with van der Waals surface area (Å²) in [6.07, 6.45) is -4.80. The minimum atomic E-state index is -4.80. The van der Waals surface area contributed by atoms with Gasteiger partial charge in [-0.3, -0.25) is 0 Å². The van der Waals surface area contributed by atoms with Gasteiger partial charge in [0.2, 0.25) is 0 Å². The van der Waals surface area contributed by atoms with Gasteiger partial charge in [-0.15, -0.1) is 0 Å². The second-order valence-corrected chi connectivity index (χ2v) is 2.51. The molecule has 0 bridgehead atoms. The fraction of sp³-hybridized carbons (Fsp3) is 0.286. The summed E-state index contributed by atoms with van der Waals surface area (Å²) >= 11 is 0. The summed E-state index contributed by atoms with van der Waals surface area (Å²) in [6, 6.07) is 1.05. The Kier molecular flexibility index (Phi) is 2.32. The highest BCUT2D eigenvalue weighted by atomic mass is 19.4. The van der Waals surface area contributed by atoms with E-state index < -0.39 is 23.2 Å². The summed E-state index contributed by atoms with van der Waals surface area (Å²) in [4.78, 5) is 3.02. The summed E-state index contributed by atoms with van der Waals surface area (Å²) in [5.41, 5.74) is -2.07. The zero-order valence-corrected chi connectivity index (χ0v) is 6.61. The number of aromatic nitrogens is 1. The van der Waals surface area contributed by atoms with Gasteiger partial charge >= 0.3 is 6.18 Å². The Morgan fingerprint density at radius 2 is 1.92 bits per heavy atom. The third kappa shape index (κ3) is 1.99. The molecular formula is C7H4BF4N. The molecule has 1 aromatic rings. The molecule has 0 aliphatic rings. The lowest BCUT2D eigenvalue weighted by molar-refractivity contribution is -0.143. The van der Waals surface area contributed by atoms with Gasteiger partial charge < -0.3 is 0 Å². The van der Waals surface area contributed by atoms with Crippen LogP contribution in [-0.4, -0.2) is 12.8 Å². The highest BCUT2D eigenvalue weighted by Crippen LogP contribution is 2.28. The van der Waals surface area contributed by atoms with Crippen LogP contribution in [0.25, 0.3) is 0 Å². The van der Waals surface area contributed by atoms with E-state index in [1.165, 1.54) is 6.92 Å². The maximum atomic E-state index is 12.8. The summed E-state index contributed by atoms with van der Waals surface area (Å²) in [6.45, 7) is 1.31. The van der Waals surface area contributed by atoms with Crippen molar-refractivity contribution in [1.29, 1.82) is 0 Å². The van der Waals surface area contributed by atoms with Crippen LogP contribution in [0.3, 0.4) is 0 Å². The number of halogens is 4. The van der Waals surface area contributed by atoms with Crippen LogP contribution in [-0.2, 0) is 6.18 Å². The fourth-order valence-electron chi connectivity index (χ4n) is 0.871. The van der Waals surface area contributed by atoms with Gasteiger partial charge in [0.05, 0.1) is 0 Å². The van der Waals surface area contributed by atoms with Crippen molar-refractivity contribution in [2.75, 3.05) is 0 Å². The maximum absolute atomic E-state index is 12.8. The van der Waals surface area contributed by atoms with Crippen molar-refractivity contribution < 1.29 is 17.6 Å². The van der Waals surface area contributed by atoms with Crippen molar-refractivity contribution in [2.45, 2.75) is 13.1 Å². The van der Waals surface area contributed by atoms with E-state index in [2.05, 4.69) is 4.98 Å². The minimum Gasteiger partial charge on any atom is -0.246 e. The predicted octanol–water partition coefficient (Wildman–Crippen LogP) is 1.34. The Bertz CT molecular complexity index is 334. The highest BCUT2D eigenvalue weighted by molar-refractivity contribution is 6.32. The standard InChI is InChI=1S/C7H4BF4N/c1-3-2-4(8)5(9)6(13-3)7(10,11)12/h2H,1H3. The van der Waals surface area contributed by atoms with Crippen LogP contribution >= 0.6 is 0 Å². The first-order valence-corrected chi connectivity index (χ1v) is 3.32. The quantitative estimate of drug-likeness (QED) is 0.443. The van der Waals surface area contributed by atoms with Gasteiger partial charge in [0.1, 0.15) is 13.7 Å². The van der Waals surface area contributed by atoms with E-state index in [1.807, 2.05) is 0 Å². The molecule has 0 saturated heterocycles. The molecule has 0 atom stereocenters. The molecule has 0 unspecified atom stereocenters. The Labute approximate surface area is 73.2 Å². The number of hydrogen-bond donors (Lipinski definition) is 0. The average Bonchev–Trinajstić information content (AvgIpc) is 1.94. The molecule has 0 aliphatic carbocycles. The lowest BCUT2D eigenvalue weighted by atomic mass is 9.94. The van der Waals surface area contributed by atoms with E-state index in [0.717, 1.165) is 6.07 Å². The van der Waals surface area contributed by atoms with Gasteiger partial charge in [-0.2, -0.15) is 13.2 Å². The van der Waals surface area contributed by atoms with Gasteiger partial charge in [-0.25, -0.2) is 9.37 Å². The SMILES string of the molecule is [B]c1cc(C)nc(C(F)(F)F)c1F. The Morgan fingerprint density at radius 1 is 1.38 bits per heavy atom. The molecule has 0 N–H and O–H groups in total. The molecule has 1 rings (SSSR count). The maximum Gasteiger partial charge on any atom is 0.436 e. The molecule has 0 saturated carbocycles. The van der Waals surface area contributed by atoms with Crippen LogP contribution in [0.1, 0.15) is 11.4 Å². The summed E-state index contributed by atoms with van der Waals surface area (Å²) < 4.78 is 48.9. The molecule has 1 heterocycles. The van der Waals surface area contributed by atoms with Crippen LogP contribution in [0.5, 0.6) is 0 Å². The first kappa shape index (κ1) is 10.0. The summed E-state index contributed by atoms with van der Waals surface area (Å²) in [7, 11) is 5.00. The van der Waals surface area contributed by atoms with Gasteiger partial charge in [0.25, 0.3) is 0 Å². The molecule has 0 aromatic carbocycles. The van der Waals surface area contributed by atoms with Crippen molar-refractivity contribution in [3.05, 3.63) is 23.3 Å². The van der Waals surface area contributed by atoms with Crippen molar-refractivity contribution in [3.8, 4) is 0 Å². The van der Waals surface area contributed by atoms with Crippen LogP contribution < -0.4 is 5.46 Å². The van der Waals surface area contributed by atoms with E-state index in [4.69, 9.17) is 7.85 Å². The second kappa shape index (κ2) is 3.01. The summed E-state index contributed by atoms with van der Waals surface area (Å²) in [5, 5.41) is 0. The Morgan fingerprint density at radius 3 is 2.38 bits per heavy atom. The van der Waals surface area contributed by atoms with Gasteiger partial charge in [-0.05, 0) is 13.0 Å². The topological polar surface area (TPSA) is 12.9 Å². The molecule has 1 aromatic heterocycles. The number of rotatable bonds is 0. The van der Waals surface area contributed by atoms with E-state index in [9.17, 15) is 17.6 Å². The third-order valence-electron chi connectivity index (χ3n) is 1.38. The molecule has 0 spiro atoms. The molecule has 6 heteroatoms. The first-order chi connectivity index (χ1) is 5.82. The first-order valence-electron chi connectivity index (χ1n) is 3.32. The Hall–Kier alpha value is -1.07. The van der Waals surface area contributed by atoms with Gasteiger partial charge in [-0.1, -0.05) is 5.46 Å². The molecular weight excluding hydrogens is 185 g/mol. The fourth-order valence-corrected chi connectivity index (χ4v) is 0.871. The van der Waals surface area contributed by atoms with Gasteiger partial charge in [0.15, 0.2) is 5.69 Å². The summed E-state index contributed by atoms with van der Waals surface area (Å²) in [5.74, 6) is -1.52. The van der Waals surface area contributed by atoms with Crippen LogP contribution in [0.15, 0.2) is 6.07 Å². The van der Waals surface area contributed by atoms with Crippen molar-refractivity contribution in [3.63, 3.8) is 0 Å². The molecule has 2 radical (unpaired) electrons. The minimum absolute atomic E-state index is 0.0335. The van der Waals surface area contributed by atoms with Gasteiger partial charge in [0, 0.05) is 5.69 Å². The molecule has 0 amide bonds. The number of pyridine rings is 1. The zero-order chi connectivity index (χ0) is 10.2. The van der Waals surface area contributed by atoms with Crippen LogP contribution in [0.4, 0.5) is 17.6 Å². The lowest BCUT2D eigenvalue weighted by Gasteiger charge is -2.09. The normalized spacial score (nSPS) is 11.8. The van der Waals surface area contributed by atoms with E-state index >= 15 is 0 Å². The Balaban J connectivity index is 3.37. The lowest BCUT2D eigenvalue weighted by Crippen LogP contribution is -2.20. The number of nitrogens with zero attached hydrogens (tertiary/aromatic N) is 1. The predicted molar refractivity (Wildman–Crippen MR) is 39.3 cm³/mol. The second-order valence-electron chi connectivity index (χ2n) is 2.51. The highest BCUT2D eigenvalue weighted by Gasteiger charge is 2.36. The molecule has 1 nitrogen and oxygen atoms in total. The van der Waals surface area contributed by atoms with Crippen LogP contribution in [0, 0.1) is 12.7 Å².